The first-order valence-electron chi connectivity index (χ1n) is 5.22. The molecule has 0 aliphatic carbocycles. The minimum Gasteiger partial charge on any atom is -0.348 e. The number of halogens is 1. The second-order valence-electron chi connectivity index (χ2n) is 3.69. The number of hydrogen-bond donors (Lipinski definition) is 1. The summed E-state index contributed by atoms with van der Waals surface area (Å²) in [7, 11) is 0. The zero-order valence-electron chi connectivity index (χ0n) is 9.27. The first-order valence-corrected chi connectivity index (χ1v) is 7.29. The van der Waals surface area contributed by atoms with Crippen molar-refractivity contribution in [1.82, 2.24) is 5.32 Å². The maximum atomic E-state index is 11.8. The van der Waals surface area contributed by atoms with Crippen molar-refractivity contribution in [3.63, 3.8) is 0 Å². The van der Waals surface area contributed by atoms with Gasteiger partial charge in [-0.1, -0.05) is 17.7 Å². The van der Waals surface area contributed by atoms with Gasteiger partial charge in [0.25, 0.3) is 0 Å². The van der Waals surface area contributed by atoms with E-state index in [0.29, 0.717) is 6.42 Å². The molecule has 0 saturated heterocycles. The lowest BCUT2D eigenvalue weighted by atomic mass is 10.2. The molecular weight excluding hydrogens is 274 g/mol. The zero-order valence-corrected chi connectivity index (χ0v) is 11.7. The first-order chi connectivity index (χ1) is 8.15. The van der Waals surface area contributed by atoms with E-state index < -0.39 is 0 Å². The van der Waals surface area contributed by atoms with E-state index in [1.807, 2.05) is 36.6 Å². The Kier molecular flexibility index (Phi) is 4.20. The summed E-state index contributed by atoms with van der Waals surface area (Å²) in [6, 6.07) is 7.74. The van der Waals surface area contributed by atoms with Crippen LogP contribution in [-0.2, 0) is 11.2 Å². The van der Waals surface area contributed by atoms with Gasteiger partial charge in [0, 0.05) is 9.75 Å². The highest BCUT2D eigenvalue weighted by atomic mass is 35.5. The molecule has 0 aliphatic heterocycles. The van der Waals surface area contributed by atoms with Crippen molar-refractivity contribution in [2.45, 2.75) is 19.4 Å². The number of rotatable bonds is 4. The Morgan fingerprint density at radius 3 is 2.88 bits per heavy atom. The van der Waals surface area contributed by atoms with E-state index in [1.54, 1.807) is 11.3 Å². The average Bonchev–Trinajstić information content (AvgIpc) is 2.89. The van der Waals surface area contributed by atoms with E-state index >= 15 is 0 Å². The molecule has 2 aromatic heterocycles. The molecule has 0 bridgehead atoms. The highest BCUT2D eigenvalue weighted by Crippen LogP contribution is 2.26. The van der Waals surface area contributed by atoms with Crippen LogP contribution in [0.15, 0.2) is 29.6 Å². The quantitative estimate of drug-likeness (QED) is 0.907. The number of nitrogens with one attached hydrogen (secondary N) is 1. The van der Waals surface area contributed by atoms with Crippen LogP contribution in [0.1, 0.15) is 22.7 Å². The van der Waals surface area contributed by atoms with E-state index in [-0.39, 0.29) is 11.9 Å². The van der Waals surface area contributed by atoms with Crippen molar-refractivity contribution < 1.29 is 4.79 Å². The van der Waals surface area contributed by atoms with Crippen LogP contribution in [0.4, 0.5) is 0 Å². The molecule has 17 heavy (non-hydrogen) atoms. The van der Waals surface area contributed by atoms with Gasteiger partial charge in [0.15, 0.2) is 0 Å². The van der Waals surface area contributed by atoms with Gasteiger partial charge in [0.2, 0.25) is 5.91 Å². The number of thiophene rings is 2. The van der Waals surface area contributed by atoms with Gasteiger partial charge in [-0.25, -0.2) is 0 Å². The maximum Gasteiger partial charge on any atom is 0.225 e. The molecule has 2 aromatic rings. The fraction of sp³-hybridized carbons (Fsp3) is 0.250. The van der Waals surface area contributed by atoms with Crippen LogP contribution in [0.2, 0.25) is 4.34 Å². The topological polar surface area (TPSA) is 29.1 Å². The van der Waals surface area contributed by atoms with Gasteiger partial charge in [0.05, 0.1) is 16.8 Å². The van der Waals surface area contributed by atoms with Crippen LogP contribution in [-0.4, -0.2) is 5.91 Å². The predicted octanol–water partition coefficient (Wildman–Crippen LogP) is 3.88. The predicted molar refractivity (Wildman–Crippen MR) is 73.9 cm³/mol. The molecule has 2 nitrogen and oxygen atoms in total. The van der Waals surface area contributed by atoms with E-state index in [1.165, 1.54) is 11.3 Å². The second-order valence-corrected chi connectivity index (χ2v) is 6.47. The van der Waals surface area contributed by atoms with Gasteiger partial charge in [0.1, 0.15) is 0 Å². The third-order valence-corrected chi connectivity index (χ3v) is 4.60. The molecule has 2 rings (SSSR count). The molecule has 0 aliphatic rings. The molecule has 5 heteroatoms. The first kappa shape index (κ1) is 12.6. The maximum absolute atomic E-state index is 11.8. The molecule has 1 N–H and O–H groups in total. The van der Waals surface area contributed by atoms with E-state index in [9.17, 15) is 4.79 Å². The Bertz CT molecular complexity index is 492. The normalized spacial score (nSPS) is 12.4. The van der Waals surface area contributed by atoms with Crippen molar-refractivity contribution >= 4 is 40.2 Å². The van der Waals surface area contributed by atoms with Crippen molar-refractivity contribution in [2.24, 2.45) is 0 Å². The minimum absolute atomic E-state index is 0.0139. The van der Waals surface area contributed by atoms with Gasteiger partial charge in [-0.15, -0.1) is 22.7 Å². The highest BCUT2D eigenvalue weighted by Gasteiger charge is 2.12. The largest absolute Gasteiger partial charge is 0.348 e. The molecule has 0 radical (unpaired) electrons. The summed E-state index contributed by atoms with van der Waals surface area (Å²) in [6.45, 7) is 1.97. The van der Waals surface area contributed by atoms with E-state index in [2.05, 4.69) is 5.32 Å². The third-order valence-electron chi connectivity index (χ3n) is 2.31. The van der Waals surface area contributed by atoms with Crippen molar-refractivity contribution in [2.75, 3.05) is 0 Å². The van der Waals surface area contributed by atoms with Crippen LogP contribution in [0.5, 0.6) is 0 Å². The number of amides is 1. The molecule has 0 aromatic carbocycles. The molecule has 90 valence electrons. The zero-order chi connectivity index (χ0) is 12.3. The Morgan fingerprint density at radius 2 is 2.29 bits per heavy atom. The lowest BCUT2D eigenvalue weighted by Crippen LogP contribution is -2.27. The van der Waals surface area contributed by atoms with E-state index in [4.69, 9.17) is 11.6 Å². The second kappa shape index (κ2) is 5.67. The van der Waals surface area contributed by atoms with Crippen LogP contribution in [0.3, 0.4) is 0 Å². The van der Waals surface area contributed by atoms with Gasteiger partial charge < -0.3 is 5.32 Å². The Labute approximate surface area is 113 Å². The third kappa shape index (κ3) is 3.56. The van der Waals surface area contributed by atoms with Crippen LogP contribution >= 0.6 is 34.3 Å². The fourth-order valence-electron chi connectivity index (χ4n) is 1.50. The van der Waals surface area contributed by atoms with Gasteiger partial charge in [-0.3, -0.25) is 4.79 Å². The monoisotopic (exact) mass is 285 g/mol. The molecule has 0 fully saturated rings. The molecule has 0 saturated carbocycles. The Hall–Kier alpha value is -0.840. The summed E-state index contributed by atoms with van der Waals surface area (Å²) in [5, 5.41) is 4.94. The van der Waals surface area contributed by atoms with Gasteiger partial charge in [-0.2, -0.15) is 0 Å². The summed E-state index contributed by atoms with van der Waals surface area (Å²) in [6.07, 6.45) is 0.446. The molecular formula is C12H12ClNOS2. The van der Waals surface area contributed by atoms with Crippen LogP contribution in [0.25, 0.3) is 0 Å². The number of hydrogen-bond acceptors (Lipinski definition) is 3. The lowest BCUT2D eigenvalue weighted by Gasteiger charge is -2.11. The van der Waals surface area contributed by atoms with Crippen LogP contribution < -0.4 is 5.32 Å². The average molecular weight is 286 g/mol. The molecule has 2 heterocycles. The van der Waals surface area contributed by atoms with Crippen molar-refractivity contribution in [1.29, 1.82) is 0 Å². The smallest absolute Gasteiger partial charge is 0.225 e. The molecule has 1 amide bonds. The molecule has 1 atom stereocenters. The standard InChI is InChI=1S/C12H12ClNOS2/c1-8(10-4-5-11(13)17-10)14-12(15)7-9-3-2-6-16-9/h2-6,8H,7H2,1H3,(H,14,15)/t8-/m0/s1. The lowest BCUT2D eigenvalue weighted by molar-refractivity contribution is -0.121. The van der Waals surface area contributed by atoms with Gasteiger partial charge in [-0.05, 0) is 30.5 Å². The molecule has 0 spiro atoms. The van der Waals surface area contributed by atoms with E-state index in [0.717, 1.165) is 14.1 Å². The minimum atomic E-state index is 0.0139. The molecule has 0 unspecified atom stereocenters. The van der Waals surface area contributed by atoms with Crippen LogP contribution in [0, 0.1) is 0 Å². The summed E-state index contributed by atoms with van der Waals surface area (Å²) < 4.78 is 0.749. The number of carbonyl (C=O) groups excluding carboxylic acids is 1. The Balaban J connectivity index is 1.90. The number of carbonyl (C=O) groups is 1. The van der Waals surface area contributed by atoms with Crippen molar-refractivity contribution in [3.05, 3.63) is 43.7 Å². The summed E-state index contributed by atoms with van der Waals surface area (Å²) in [4.78, 5) is 13.9. The SMILES string of the molecule is C[C@H](NC(=O)Cc1cccs1)c1ccc(Cl)s1. The summed E-state index contributed by atoms with van der Waals surface area (Å²) >= 11 is 8.96. The summed E-state index contributed by atoms with van der Waals surface area (Å²) in [5.74, 6) is 0.0458. The fourth-order valence-corrected chi connectivity index (χ4v) is 3.26. The highest BCUT2D eigenvalue weighted by molar-refractivity contribution is 7.16. The Morgan fingerprint density at radius 1 is 1.47 bits per heavy atom. The summed E-state index contributed by atoms with van der Waals surface area (Å²) in [5.41, 5.74) is 0. The van der Waals surface area contributed by atoms with Crippen molar-refractivity contribution in [3.8, 4) is 0 Å². The van der Waals surface area contributed by atoms with Gasteiger partial charge >= 0.3 is 0 Å².